The Morgan fingerprint density at radius 3 is 1.51 bits per heavy atom. The molecule has 0 radical (unpaired) electrons. The number of aliphatic hydroxyl groups is 1. The fourth-order valence-electron chi connectivity index (χ4n) is 7.01. The van der Waals surface area contributed by atoms with Gasteiger partial charge in [-0.15, -0.1) is 34.0 Å². The van der Waals surface area contributed by atoms with E-state index < -0.39 is 55.9 Å². The minimum atomic E-state index is -4.34. The molecular formula is C64H91FN23O19PS6. The van der Waals surface area contributed by atoms with Gasteiger partial charge in [-0.1, -0.05) is 58.4 Å². The van der Waals surface area contributed by atoms with Gasteiger partial charge in [0.2, 0.25) is 10.7 Å². The topological polar surface area (TPSA) is 654 Å². The molecule has 0 saturated carbocycles. The van der Waals surface area contributed by atoms with E-state index in [0.29, 0.717) is 96.8 Å². The number of carboxylic acid groups (broad SMARTS) is 2. The van der Waals surface area contributed by atoms with Gasteiger partial charge >= 0.3 is 43.7 Å². The molecule has 4 amide bonds. The van der Waals surface area contributed by atoms with Crippen molar-refractivity contribution >= 4 is 177 Å². The Kier molecular flexibility index (Phi) is 48.0. The number of amides is 4. The average Bonchev–Trinajstić information content (AvgIpc) is 1.26. The Labute approximate surface area is 677 Å². The number of imide groups is 1. The van der Waals surface area contributed by atoms with Crippen molar-refractivity contribution in [3.8, 4) is 11.5 Å². The largest absolute Gasteiger partial charge is 0.508 e. The summed E-state index contributed by atoms with van der Waals surface area (Å²) in [6.45, 7) is 22.5. The number of urea groups is 1. The van der Waals surface area contributed by atoms with E-state index in [1.165, 1.54) is 89.7 Å². The van der Waals surface area contributed by atoms with Crippen LogP contribution in [-0.4, -0.2) is 205 Å². The van der Waals surface area contributed by atoms with E-state index in [2.05, 4.69) is 83.6 Å². The van der Waals surface area contributed by atoms with Crippen LogP contribution >= 0.6 is 76.4 Å². The predicted octanol–water partition coefficient (Wildman–Crippen LogP) is 8.53. The SMILES string of the molecule is C.C/C(=N\OC(C)(C)C(=O)O)c1csc(N)n1.C/C(=N\OCF)c1nsc(N)n1.C/C=C(\C)c1csc(N)n1.CC(=NCO)c1csc(N)n1.CC(C(=O)O)c1ccc(O)cc1.CCN1CCN(C(=O)N[C@H](C)c2ccc(O)cc2)C(=O)C1=O.CCO/N=C(/C)c1nsc(NP(=O)(O)O)n1.CO/N=C(\C)c1nsc(N)n1.O=C=O. The number of hydrogen-bond acceptors (Lipinski definition) is 40. The molecule has 1 fully saturated rings. The molecule has 0 bridgehead atoms. The summed E-state index contributed by atoms with van der Waals surface area (Å²) in [5.74, 6) is -2.47. The van der Waals surface area contributed by atoms with Crippen LogP contribution in [0.1, 0.15) is 155 Å². The number of aromatic nitrogens is 9. The van der Waals surface area contributed by atoms with Crippen molar-refractivity contribution < 1.29 is 97.2 Å². The molecule has 2 atom stereocenters. The summed E-state index contributed by atoms with van der Waals surface area (Å²) >= 11 is 7.15. The number of anilines is 6. The number of nitrogens with two attached hydrogens (primary N) is 5. The van der Waals surface area contributed by atoms with Crippen LogP contribution in [-0.2, 0) is 52.7 Å². The van der Waals surface area contributed by atoms with Crippen molar-refractivity contribution in [1.82, 2.24) is 58.1 Å². The van der Waals surface area contributed by atoms with Gasteiger partial charge in [0.15, 0.2) is 43.1 Å². The summed E-state index contributed by atoms with van der Waals surface area (Å²) in [4.78, 5) is 139. The number of aliphatic carboxylic acids is 2. The molecule has 1 unspecified atom stereocenters. The van der Waals surface area contributed by atoms with Crippen LogP contribution in [0, 0.1) is 0 Å². The van der Waals surface area contributed by atoms with E-state index in [1.54, 1.807) is 92.0 Å². The number of benzene rings is 2. The van der Waals surface area contributed by atoms with Crippen LogP contribution in [0.5, 0.6) is 11.5 Å². The number of thiazole rings is 3. The van der Waals surface area contributed by atoms with Crippen molar-refractivity contribution in [2.45, 2.75) is 115 Å². The van der Waals surface area contributed by atoms with E-state index in [9.17, 15) is 38.0 Å². The highest BCUT2D eigenvalue weighted by molar-refractivity contribution is 7.54. The van der Waals surface area contributed by atoms with E-state index in [0.717, 1.165) is 56.4 Å². The highest BCUT2D eigenvalue weighted by Crippen LogP contribution is 2.36. The molecule has 1 aliphatic rings. The van der Waals surface area contributed by atoms with Gasteiger partial charge in [-0.25, -0.2) is 33.5 Å². The summed E-state index contributed by atoms with van der Waals surface area (Å²) in [5, 5.41) is 71.1. The number of carboxylic acids is 2. The summed E-state index contributed by atoms with van der Waals surface area (Å²) in [7, 11) is -2.87. The first kappa shape index (κ1) is 102. The number of hydrogen-bond donors (Lipinski definition) is 14. The van der Waals surface area contributed by atoms with Crippen molar-refractivity contribution in [3.63, 3.8) is 0 Å². The molecule has 42 nitrogen and oxygen atoms in total. The van der Waals surface area contributed by atoms with Crippen LogP contribution in [0.4, 0.5) is 40.0 Å². The Morgan fingerprint density at radius 1 is 0.667 bits per heavy atom. The molecule has 8 aromatic rings. The zero-order valence-electron chi connectivity index (χ0n) is 63.2. The van der Waals surface area contributed by atoms with Crippen molar-refractivity contribution in [2.75, 3.05) is 80.7 Å². The third kappa shape index (κ3) is 39.6. The smallest absolute Gasteiger partial charge is 0.429 e. The number of carbonyl (C=O) groups excluding carboxylic acids is 5. The Balaban J connectivity index is 0.00000129. The first-order chi connectivity index (χ1) is 53.2. The third-order valence-electron chi connectivity index (χ3n) is 13.1. The summed E-state index contributed by atoms with van der Waals surface area (Å²) in [5.41, 5.74) is 33.3. The lowest BCUT2D eigenvalue weighted by Crippen LogP contribution is -2.58. The molecule has 6 aromatic heterocycles. The molecule has 114 heavy (non-hydrogen) atoms. The summed E-state index contributed by atoms with van der Waals surface area (Å²) in [6.07, 6.45) is 2.27. The monoisotopic (exact) mass is 1730 g/mol. The molecule has 9 rings (SSSR count). The van der Waals surface area contributed by atoms with E-state index >= 15 is 0 Å². The van der Waals surface area contributed by atoms with Gasteiger partial charge in [-0.3, -0.25) is 29.4 Å². The van der Waals surface area contributed by atoms with Crippen LogP contribution in [0.2, 0.25) is 0 Å². The number of halogens is 1. The normalized spacial score (nSPS) is 12.7. The quantitative estimate of drug-likeness (QED) is 0.0131. The van der Waals surface area contributed by atoms with Gasteiger partial charge in [-0.2, -0.15) is 37.7 Å². The molecule has 1 saturated heterocycles. The highest BCUT2D eigenvalue weighted by Gasteiger charge is 2.36. The number of aliphatic imine (C=N–C) groups is 1. The first-order valence-electron chi connectivity index (χ1n) is 32.1. The van der Waals surface area contributed by atoms with Crippen molar-refractivity contribution in [2.24, 2.45) is 25.6 Å². The van der Waals surface area contributed by atoms with E-state index in [1.807, 2.05) is 35.8 Å². The molecule has 624 valence electrons. The highest BCUT2D eigenvalue weighted by atomic mass is 32.1. The van der Waals surface area contributed by atoms with Gasteiger partial charge in [0.05, 0.1) is 29.1 Å². The van der Waals surface area contributed by atoms with E-state index in [-0.39, 0.29) is 55.4 Å². The lowest BCUT2D eigenvalue weighted by atomic mass is 10.0. The van der Waals surface area contributed by atoms with Crippen LogP contribution in [0.15, 0.2) is 96.4 Å². The fourth-order valence-corrected chi connectivity index (χ4v) is 11.1. The van der Waals surface area contributed by atoms with Crippen LogP contribution < -0.4 is 39.1 Å². The summed E-state index contributed by atoms with van der Waals surface area (Å²) in [6, 6.07) is 11.6. The molecule has 50 heteroatoms. The number of phenolic OH excluding ortho intramolecular Hbond substituents is 2. The van der Waals surface area contributed by atoms with Gasteiger partial charge in [0, 0.05) is 70.4 Å². The molecule has 19 N–H and O–H groups in total. The molecular weight excluding hydrogens is 1640 g/mol. The number of carbonyl (C=O) groups is 5. The second kappa shape index (κ2) is 53.4. The number of rotatable bonds is 22. The number of phenols is 2. The maximum absolute atomic E-state index is 12.2. The lowest BCUT2D eigenvalue weighted by Gasteiger charge is -2.32. The number of allylic oxidation sites excluding steroid dienone is 2. The molecule has 2 aromatic carbocycles. The van der Waals surface area contributed by atoms with Crippen LogP contribution in [0.3, 0.4) is 0 Å². The first-order valence-corrected chi connectivity index (χ1v) is 38.6. The molecule has 0 aliphatic carbocycles. The fraction of sp³-hybridized carbons (Fsp3) is 0.375. The van der Waals surface area contributed by atoms with Gasteiger partial charge < -0.3 is 93.6 Å². The Hall–Kier alpha value is -11.5. The number of nitrogens with one attached hydrogen (secondary N) is 2. The number of alkyl halides is 1. The van der Waals surface area contributed by atoms with E-state index in [4.69, 9.17) is 78.1 Å². The standard InChI is InChI=1S/C15H19N3O4.C9H13N3O3S.C9H10O3.C7H10N2S.C6H11N4O4PS.C6H9N3OS.C5H7FN4OS.C5H8N4OS.CO2.CH4/c1-3-17-8-9-18(14(21)13(17)20)15(22)16-10(2)11-4-6-12(19)7-5-11;1-5(6-4-16-8(10)11-6)12-15-9(2,3)7(13)14;1-6(9(11)12)7-2-4-8(10)5-3-7;1-3-5(2)6-4-10-7(8)9-6;1-3-14-8-4(2)5-7-6(16-10-5)9-15(11,12)13;1-4(8-3-10)5-2-11-6(7)9-5;1-3(9-11-2-6)4-8-5(7)12-10-4;1-3(8-10-2)4-7-5(6)11-9-4;2-1-3;/h4-7,10,19H,3,8-9H2,1-2H3,(H,16,22);4H,1-3H3,(H2,10,11)(H,13,14);2-6,10H,1H3,(H,11,12);3-4H,1-2H3,(H2,8,9);3H2,1-2H3,(H3,7,9,10,11,12,13);2,10H,3H2,1H3,(H2,7,9);2H2,1H3,(H2,7,8,10);1-2H3,(H2,6,7,9);;1H4/b;12-5+;;5-3+;8-4-;;9-3+;8-3+;;/t10-;;;;;;;;;/m1........./s1. The minimum Gasteiger partial charge on any atom is -0.508 e. The minimum absolute atomic E-state index is 0. The Morgan fingerprint density at radius 2 is 1.11 bits per heavy atom. The van der Waals surface area contributed by atoms with Crippen molar-refractivity contribution in [3.05, 3.63) is 116 Å². The predicted molar refractivity (Wildman–Crippen MR) is 435 cm³/mol. The van der Waals surface area contributed by atoms with Gasteiger partial charge in [-0.05, 0) is 131 Å². The number of nitrogens with zero attached hydrogens (tertiary/aromatic N) is 16. The van der Waals surface area contributed by atoms with Gasteiger partial charge in [0.25, 0.3) is 6.86 Å². The van der Waals surface area contributed by atoms with Gasteiger partial charge in [0.1, 0.15) is 60.5 Å². The van der Waals surface area contributed by atoms with Crippen molar-refractivity contribution in [1.29, 1.82) is 0 Å². The molecule has 7 heterocycles. The average molecular weight is 1730 g/mol. The molecule has 0 spiro atoms. The molecule has 1 aliphatic heterocycles. The maximum atomic E-state index is 12.2. The van der Waals surface area contributed by atoms with Crippen LogP contribution in [0.25, 0.3) is 5.57 Å². The number of aromatic hydroxyl groups is 2. The second-order valence-corrected chi connectivity index (χ2v) is 28.2. The third-order valence-corrected chi connectivity index (χ3v) is 17.5. The number of likely N-dealkylation sites (N-methyl/N-ethyl adjacent to an activating group) is 1. The zero-order valence-corrected chi connectivity index (χ0v) is 69.0. The Bertz CT molecular complexity index is 4500. The number of aliphatic hydroxyl groups excluding tert-OH is 1. The summed E-state index contributed by atoms with van der Waals surface area (Å²) < 4.78 is 33.7. The lowest BCUT2D eigenvalue weighted by molar-refractivity contribution is -0.191. The second-order valence-electron chi connectivity index (χ2n) is 21.9. The number of piperazine rings is 1. The maximum Gasteiger partial charge on any atom is 0.429 e. The zero-order chi connectivity index (χ0) is 85.7. The number of nitrogen functional groups attached to an aromatic ring is 5. The number of oxime groups is 4.